The van der Waals surface area contributed by atoms with E-state index < -0.39 is 18.1 Å². The van der Waals surface area contributed by atoms with Crippen LogP contribution in [0.15, 0.2) is 28.8 Å². The number of carbonyl (C=O) groups excluding carboxylic acids is 2. The molecule has 0 radical (unpaired) electrons. The van der Waals surface area contributed by atoms with Crippen molar-refractivity contribution in [3.63, 3.8) is 0 Å². The predicted molar refractivity (Wildman–Crippen MR) is 106 cm³/mol. The molecule has 1 amide bonds. The van der Waals surface area contributed by atoms with Gasteiger partial charge in [-0.05, 0) is 42.8 Å². The van der Waals surface area contributed by atoms with E-state index in [1.54, 1.807) is 11.8 Å². The average Bonchev–Trinajstić information content (AvgIpc) is 3.12. The Hall–Kier alpha value is -3.55. The highest BCUT2D eigenvalue weighted by Crippen LogP contribution is 2.13. The Balaban J connectivity index is 0.000000509. The van der Waals surface area contributed by atoms with Crippen LogP contribution in [-0.4, -0.2) is 81.9 Å². The molecule has 14 heteroatoms. The summed E-state index contributed by atoms with van der Waals surface area (Å²) < 4.78 is 54.7. The van der Waals surface area contributed by atoms with Crippen LogP contribution in [0.3, 0.4) is 0 Å². The zero-order chi connectivity index (χ0) is 25.3. The normalized spacial score (nSPS) is 14.6. The third-order valence-corrected chi connectivity index (χ3v) is 4.49. The lowest BCUT2D eigenvalue weighted by molar-refractivity contribution is -0.192. The third-order valence-electron chi connectivity index (χ3n) is 4.49. The molecule has 1 N–H and O–H groups in total. The number of benzene rings is 1. The zero-order valence-corrected chi connectivity index (χ0v) is 18.0. The summed E-state index contributed by atoms with van der Waals surface area (Å²) in [5.74, 6) is -3.60. The Morgan fingerprint density at radius 2 is 1.76 bits per heavy atom. The van der Waals surface area contributed by atoms with E-state index in [0.29, 0.717) is 37.6 Å². The zero-order valence-electron chi connectivity index (χ0n) is 18.0. The number of aliphatic carboxylic acids is 1. The number of ether oxygens (including phenoxy) is 1. The average molecular weight is 490 g/mol. The summed E-state index contributed by atoms with van der Waals surface area (Å²) in [4.78, 5) is 40.9. The van der Waals surface area contributed by atoms with Crippen molar-refractivity contribution in [3.05, 3.63) is 47.4 Å². The predicted octanol–water partition coefficient (Wildman–Crippen LogP) is 2.37. The maximum atomic E-state index is 13.0. The van der Waals surface area contributed by atoms with Crippen LogP contribution in [0.5, 0.6) is 0 Å². The van der Waals surface area contributed by atoms with Gasteiger partial charge in [0.15, 0.2) is 0 Å². The number of carboxylic acids is 1. The number of carboxylic acid groups (broad SMARTS) is 1. The van der Waals surface area contributed by atoms with E-state index in [1.165, 1.54) is 24.3 Å². The van der Waals surface area contributed by atoms with E-state index >= 15 is 0 Å². The first-order valence-corrected chi connectivity index (χ1v) is 10.1. The molecule has 1 aliphatic rings. The van der Waals surface area contributed by atoms with Gasteiger partial charge in [0.1, 0.15) is 5.82 Å². The van der Waals surface area contributed by atoms with Gasteiger partial charge in [0, 0.05) is 31.7 Å². The highest BCUT2D eigenvalue weighted by atomic mass is 19.4. The van der Waals surface area contributed by atoms with Gasteiger partial charge in [0.25, 0.3) is 11.7 Å². The maximum absolute atomic E-state index is 13.0. The van der Waals surface area contributed by atoms with Crippen molar-refractivity contribution in [2.45, 2.75) is 26.1 Å². The summed E-state index contributed by atoms with van der Waals surface area (Å²) in [5.41, 5.74) is 0.473. The number of rotatable bonds is 5. The minimum Gasteiger partial charge on any atom is -0.475 e. The second-order valence-electron chi connectivity index (χ2n) is 6.96. The monoisotopic (exact) mass is 490 g/mol. The minimum atomic E-state index is -5.08. The molecular weight excluding hydrogens is 468 g/mol. The fourth-order valence-electron chi connectivity index (χ4n) is 2.90. The smallest absolute Gasteiger partial charge is 0.475 e. The van der Waals surface area contributed by atoms with E-state index in [0.717, 1.165) is 13.0 Å². The minimum absolute atomic E-state index is 0.0882. The number of aromatic nitrogens is 2. The van der Waals surface area contributed by atoms with E-state index in [9.17, 15) is 27.2 Å². The molecular formula is C20H22F4N4O6. The highest BCUT2D eigenvalue weighted by Gasteiger charge is 2.38. The SMILES string of the molecule is CCOC(=O)c1noc(CN2CCCN(C(=O)c3ccc(F)cc3)CC2)n1.O=C(O)C(F)(F)F. The molecule has 2 aromatic rings. The molecule has 2 heterocycles. The summed E-state index contributed by atoms with van der Waals surface area (Å²) >= 11 is 0. The fraction of sp³-hybridized carbons (Fsp3) is 0.450. The lowest BCUT2D eigenvalue weighted by atomic mass is 10.2. The first-order chi connectivity index (χ1) is 16.0. The van der Waals surface area contributed by atoms with Gasteiger partial charge >= 0.3 is 18.1 Å². The number of alkyl halides is 3. The largest absolute Gasteiger partial charge is 0.490 e. The Kier molecular flexibility index (Phi) is 9.47. The number of carbonyl (C=O) groups is 3. The summed E-state index contributed by atoms with van der Waals surface area (Å²) in [6.45, 7) is 4.88. The lowest BCUT2D eigenvalue weighted by Crippen LogP contribution is -2.35. The first kappa shape index (κ1) is 26.7. The number of nitrogens with zero attached hydrogens (tertiary/aromatic N) is 4. The van der Waals surface area contributed by atoms with Crippen LogP contribution >= 0.6 is 0 Å². The highest BCUT2D eigenvalue weighted by molar-refractivity contribution is 5.94. The second kappa shape index (κ2) is 12.1. The van der Waals surface area contributed by atoms with Crippen molar-refractivity contribution >= 4 is 17.8 Å². The van der Waals surface area contributed by atoms with E-state index in [2.05, 4.69) is 15.0 Å². The second-order valence-corrected chi connectivity index (χ2v) is 6.96. The van der Waals surface area contributed by atoms with Crippen LogP contribution < -0.4 is 0 Å². The maximum Gasteiger partial charge on any atom is 0.490 e. The molecule has 0 unspecified atom stereocenters. The Bertz CT molecular complexity index is 980. The molecule has 1 aliphatic heterocycles. The molecule has 1 aromatic heterocycles. The van der Waals surface area contributed by atoms with Crippen molar-refractivity contribution in [3.8, 4) is 0 Å². The molecule has 3 rings (SSSR count). The van der Waals surface area contributed by atoms with E-state index in [-0.39, 0.29) is 24.2 Å². The summed E-state index contributed by atoms with van der Waals surface area (Å²) in [6, 6.07) is 5.56. The van der Waals surface area contributed by atoms with Crippen LogP contribution in [0, 0.1) is 5.82 Å². The Labute approximate surface area is 191 Å². The number of halogens is 4. The van der Waals surface area contributed by atoms with Gasteiger partial charge in [-0.3, -0.25) is 9.69 Å². The molecule has 0 aliphatic carbocycles. The number of amides is 1. The number of hydrogen-bond acceptors (Lipinski definition) is 8. The van der Waals surface area contributed by atoms with Gasteiger partial charge < -0.3 is 19.3 Å². The van der Waals surface area contributed by atoms with Crippen LogP contribution in [-0.2, 0) is 16.1 Å². The van der Waals surface area contributed by atoms with Crippen molar-refractivity contribution < 1.29 is 46.3 Å². The first-order valence-electron chi connectivity index (χ1n) is 10.1. The van der Waals surface area contributed by atoms with E-state index in [4.69, 9.17) is 19.2 Å². The Morgan fingerprint density at radius 3 is 2.35 bits per heavy atom. The van der Waals surface area contributed by atoms with Gasteiger partial charge in [0.05, 0.1) is 13.2 Å². The van der Waals surface area contributed by atoms with Crippen LogP contribution in [0.4, 0.5) is 17.6 Å². The van der Waals surface area contributed by atoms with Crippen LogP contribution in [0.1, 0.15) is 40.2 Å². The number of hydrogen-bond donors (Lipinski definition) is 1. The molecule has 0 saturated carbocycles. The third kappa shape index (κ3) is 8.10. The molecule has 1 aromatic carbocycles. The molecule has 0 spiro atoms. The van der Waals surface area contributed by atoms with Crippen molar-refractivity contribution in [1.82, 2.24) is 19.9 Å². The van der Waals surface area contributed by atoms with Crippen molar-refractivity contribution in [2.24, 2.45) is 0 Å². The summed E-state index contributed by atoms with van der Waals surface area (Å²) in [7, 11) is 0. The lowest BCUT2D eigenvalue weighted by Gasteiger charge is -2.21. The standard InChI is InChI=1S/C18H21FN4O4.C2HF3O2/c1-2-26-18(25)16-20-15(27-21-16)12-22-8-3-9-23(11-10-22)17(24)13-4-6-14(19)7-5-13;3-2(4,5)1(6)7/h4-7H,2-3,8-12H2,1H3;(H,6,7). The van der Waals surface area contributed by atoms with Gasteiger partial charge in [-0.1, -0.05) is 0 Å². The fourth-order valence-corrected chi connectivity index (χ4v) is 2.90. The quantitative estimate of drug-likeness (QED) is 0.497. The Morgan fingerprint density at radius 1 is 1.12 bits per heavy atom. The molecule has 0 bridgehead atoms. The van der Waals surface area contributed by atoms with Crippen LogP contribution in [0.2, 0.25) is 0 Å². The molecule has 1 saturated heterocycles. The topological polar surface area (TPSA) is 126 Å². The van der Waals surface area contributed by atoms with Crippen LogP contribution in [0.25, 0.3) is 0 Å². The van der Waals surface area contributed by atoms with Crippen molar-refractivity contribution in [1.29, 1.82) is 0 Å². The number of esters is 1. The van der Waals surface area contributed by atoms with Crippen molar-refractivity contribution in [2.75, 3.05) is 32.8 Å². The summed E-state index contributed by atoms with van der Waals surface area (Å²) in [6.07, 6.45) is -4.30. The van der Waals surface area contributed by atoms with Gasteiger partial charge in [-0.15, -0.1) is 0 Å². The summed E-state index contributed by atoms with van der Waals surface area (Å²) in [5, 5.41) is 10.8. The molecule has 1 fully saturated rings. The van der Waals surface area contributed by atoms with Gasteiger partial charge in [0.2, 0.25) is 5.89 Å². The molecule has 0 atom stereocenters. The van der Waals surface area contributed by atoms with Gasteiger partial charge in [-0.2, -0.15) is 18.2 Å². The van der Waals surface area contributed by atoms with Gasteiger partial charge in [-0.25, -0.2) is 14.0 Å². The molecule has 186 valence electrons. The molecule has 34 heavy (non-hydrogen) atoms. The van der Waals surface area contributed by atoms with E-state index in [1.807, 2.05) is 0 Å². The molecule has 10 nitrogen and oxygen atoms in total.